The number of ether oxygens (including phenoxy) is 1. The highest BCUT2D eigenvalue weighted by Crippen LogP contribution is 2.36. The minimum Gasteiger partial charge on any atom is -0.465 e. The van der Waals surface area contributed by atoms with E-state index in [9.17, 15) is 14.0 Å². The van der Waals surface area contributed by atoms with Gasteiger partial charge in [-0.25, -0.2) is 9.18 Å². The van der Waals surface area contributed by atoms with E-state index in [2.05, 4.69) is 10.3 Å². The normalized spacial score (nSPS) is 10.3. The molecule has 126 valence electrons. The minimum atomic E-state index is -0.581. The molecule has 2 heterocycles. The molecule has 0 saturated heterocycles. The molecule has 25 heavy (non-hydrogen) atoms. The standard InChI is InChI=1S/C18H13FN2O3S/c1-24-18(23)15-14(11-4-6-13(19)7-5-11)10-25-17(15)21-16(22)12-3-2-8-20-9-12/h2-10H,1H3,(H,21,22). The molecule has 1 amide bonds. The number of carbonyl (C=O) groups excluding carboxylic acids is 2. The number of carbonyl (C=O) groups is 2. The van der Waals surface area contributed by atoms with Gasteiger partial charge in [0.2, 0.25) is 0 Å². The molecule has 3 rings (SSSR count). The van der Waals surface area contributed by atoms with Gasteiger partial charge in [-0.05, 0) is 29.8 Å². The number of aromatic nitrogens is 1. The summed E-state index contributed by atoms with van der Waals surface area (Å²) in [6.45, 7) is 0. The van der Waals surface area contributed by atoms with Crippen LogP contribution >= 0.6 is 11.3 Å². The summed E-state index contributed by atoms with van der Waals surface area (Å²) in [6.07, 6.45) is 3.00. The van der Waals surface area contributed by atoms with Crippen LogP contribution in [0.2, 0.25) is 0 Å². The van der Waals surface area contributed by atoms with E-state index in [-0.39, 0.29) is 17.3 Å². The highest BCUT2D eigenvalue weighted by atomic mass is 32.1. The molecular weight excluding hydrogens is 343 g/mol. The van der Waals surface area contributed by atoms with Gasteiger partial charge in [-0.2, -0.15) is 0 Å². The van der Waals surface area contributed by atoms with E-state index >= 15 is 0 Å². The Kier molecular flexibility index (Phi) is 4.85. The summed E-state index contributed by atoms with van der Waals surface area (Å²) in [6, 6.07) is 9.01. The highest BCUT2D eigenvalue weighted by molar-refractivity contribution is 7.15. The summed E-state index contributed by atoms with van der Waals surface area (Å²) in [4.78, 5) is 28.4. The molecule has 3 aromatic rings. The van der Waals surface area contributed by atoms with Crippen molar-refractivity contribution in [2.45, 2.75) is 0 Å². The number of amides is 1. The maximum atomic E-state index is 13.1. The molecule has 0 bridgehead atoms. The number of benzene rings is 1. The lowest BCUT2D eigenvalue weighted by Crippen LogP contribution is -2.14. The molecule has 2 aromatic heterocycles. The molecule has 1 N–H and O–H groups in total. The van der Waals surface area contributed by atoms with E-state index in [4.69, 9.17) is 4.74 Å². The van der Waals surface area contributed by atoms with E-state index in [1.54, 1.807) is 35.8 Å². The summed E-state index contributed by atoms with van der Waals surface area (Å²) in [5.41, 5.74) is 1.82. The Morgan fingerprint density at radius 2 is 1.96 bits per heavy atom. The molecule has 0 radical (unpaired) electrons. The molecule has 0 aliphatic rings. The third kappa shape index (κ3) is 3.56. The Balaban J connectivity index is 1.98. The van der Waals surface area contributed by atoms with E-state index in [0.717, 1.165) is 0 Å². The van der Waals surface area contributed by atoms with Crippen LogP contribution in [0.4, 0.5) is 9.39 Å². The first-order valence-electron chi connectivity index (χ1n) is 7.27. The molecule has 5 nitrogen and oxygen atoms in total. The van der Waals surface area contributed by atoms with Gasteiger partial charge in [0.15, 0.2) is 0 Å². The fourth-order valence-corrected chi connectivity index (χ4v) is 3.22. The molecule has 0 unspecified atom stereocenters. The fraction of sp³-hybridized carbons (Fsp3) is 0.0556. The number of rotatable bonds is 4. The van der Waals surface area contributed by atoms with E-state index < -0.39 is 5.97 Å². The van der Waals surface area contributed by atoms with Gasteiger partial charge in [-0.3, -0.25) is 9.78 Å². The Bertz CT molecular complexity index is 908. The summed E-state index contributed by atoms with van der Waals surface area (Å²) >= 11 is 1.19. The average Bonchev–Trinajstić information content (AvgIpc) is 3.06. The molecule has 7 heteroatoms. The predicted octanol–water partition coefficient (Wildman–Crippen LogP) is 3.99. The van der Waals surface area contributed by atoms with Gasteiger partial charge in [0, 0.05) is 23.3 Å². The molecule has 0 aliphatic heterocycles. The second-order valence-electron chi connectivity index (χ2n) is 5.05. The number of methoxy groups -OCH3 is 1. The van der Waals surface area contributed by atoms with Crippen LogP contribution < -0.4 is 5.32 Å². The van der Waals surface area contributed by atoms with Gasteiger partial charge < -0.3 is 10.1 Å². The molecule has 1 aromatic carbocycles. The number of pyridine rings is 1. The van der Waals surface area contributed by atoms with E-state index in [1.165, 1.54) is 36.8 Å². The summed E-state index contributed by atoms with van der Waals surface area (Å²) < 4.78 is 18.0. The van der Waals surface area contributed by atoms with Crippen molar-refractivity contribution in [1.82, 2.24) is 4.98 Å². The Hall–Kier alpha value is -3.06. The van der Waals surface area contributed by atoms with Crippen molar-refractivity contribution in [3.63, 3.8) is 0 Å². The number of esters is 1. The van der Waals surface area contributed by atoms with Crippen LogP contribution in [0.1, 0.15) is 20.7 Å². The fourth-order valence-electron chi connectivity index (χ4n) is 2.27. The molecule has 0 aliphatic carbocycles. The van der Waals surface area contributed by atoms with Gasteiger partial charge in [0.05, 0.1) is 12.7 Å². The van der Waals surface area contributed by atoms with Crippen LogP contribution in [-0.4, -0.2) is 24.0 Å². The maximum Gasteiger partial charge on any atom is 0.341 e. The van der Waals surface area contributed by atoms with Crippen LogP contribution in [0.3, 0.4) is 0 Å². The van der Waals surface area contributed by atoms with Crippen LogP contribution in [0, 0.1) is 5.82 Å². The minimum absolute atomic E-state index is 0.233. The van der Waals surface area contributed by atoms with Crippen molar-refractivity contribution in [3.8, 4) is 11.1 Å². The summed E-state index contributed by atoms with van der Waals surface area (Å²) in [5, 5.41) is 4.79. The van der Waals surface area contributed by atoms with Crippen LogP contribution in [0.5, 0.6) is 0 Å². The van der Waals surface area contributed by atoms with E-state index in [0.29, 0.717) is 21.7 Å². The van der Waals surface area contributed by atoms with Crippen LogP contribution in [0.25, 0.3) is 11.1 Å². The second-order valence-corrected chi connectivity index (χ2v) is 5.93. The maximum absolute atomic E-state index is 13.1. The largest absolute Gasteiger partial charge is 0.465 e. The third-order valence-electron chi connectivity index (χ3n) is 3.49. The van der Waals surface area contributed by atoms with Gasteiger partial charge in [0.1, 0.15) is 16.4 Å². The van der Waals surface area contributed by atoms with Gasteiger partial charge in [-0.15, -0.1) is 11.3 Å². The first kappa shape index (κ1) is 16.8. The zero-order valence-electron chi connectivity index (χ0n) is 13.2. The van der Waals surface area contributed by atoms with Crippen molar-refractivity contribution in [2.24, 2.45) is 0 Å². The molecule has 0 fully saturated rings. The predicted molar refractivity (Wildman–Crippen MR) is 93.2 cm³/mol. The van der Waals surface area contributed by atoms with Crippen molar-refractivity contribution < 1.29 is 18.7 Å². The monoisotopic (exact) mass is 356 g/mol. The summed E-state index contributed by atoms with van der Waals surface area (Å²) in [5.74, 6) is -1.34. The SMILES string of the molecule is COC(=O)c1c(-c2ccc(F)cc2)csc1NC(=O)c1cccnc1. The number of halogens is 1. The second kappa shape index (κ2) is 7.23. The summed E-state index contributed by atoms with van der Waals surface area (Å²) in [7, 11) is 1.27. The van der Waals surface area contributed by atoms with Gasteiger partial charge in [-0.1, -0.05) is 12.1 Å². The van der Waals surface area contributed by atoms with Crippen molar-refractivity contribution in [3.05, 3.63) is 71.1 Å². The first-order chi connectivity index (χ1) is 12.1. The van der Waals surface area contributed by atoms with Crippen molar-refractivity contribution >= 4 is 28.2 Å². The van der Waals surface area contributed by atoms with Crippen LogP contribution in [-0.2, 0) is 4.74 Å². The zero-order valence-corrected chi connectivity index (χ0v) is 14.0. The quantitative estimate of drug-likeness (QED) is 0.718. The average molecular weight is 356 g/mol. The number of hydrogen-bond acceptors (Lipinski definition) is 5. The Morgan fingerprint density at radius 1 is 1.20 bits per heavy atom. The number of nitrogens with one attached hydrogen (secondary N) is 1. The molecule has 0 saturated carbocycles. The Labute approximate surface area is 147 Å². The lowest BCUT2D eigenvalue weighted by atomic mass is 10.0. The van der Waals surface area contributed by atoms with Crippen LogP contribution in [0.15, 0.2) is 54.2 Å². The molecule has 0 atom stereocenters. The number of anilines is 1. The van der Waals surface area contributed by atoms with Crippen molar-refractivity contribution in [2.75, 3.05) is 12.4 Å². The topological polar surface area (TPSA) is 68.3 Å². The first-order valence-corrected chi connectivity index (χ1v) is 8.15. The van der Waals surface area contributed by atoms with E-state index in [1.807, 2.05) is 0 Å². The number of thiophene rings is 1. The van der Waals surface area contributed by atoms with Crippen molar-refractivity contribution in [1.29, 1.82) is 0 Å². The molecule has 0 spiro atoms. The third-order valence-corrected chi connectivity index (χ3v) is 4.38. The highest BCUT2D eigenvalue weighted by Gasteiger charge is 2.22. The zero-order chi connectivity index (χ0) is 17.8. The lowest BCUT2D eigenvalue weighted by Gasteiger charge is -2.07. The number of nitrogens with zero attached hydrogens (tertiary/aromatic N) is 1. The Morgan fingerprint density at radius 3 is 2.60 bits per heavy atom. The number of hydrogen-bond donors (Lipinski definition) is 1. The van der Waals surface area contributed by atoms with Gasteiger partial charge in [0.25, 0.3) is 5.91 Å². The lowest BCUT2D eigenvalue weighted by molar-refractivity contribution is 0.0603. The smallest absolute Gasteiger partial charge is 0.341 e. The van der Waals surface area contributed by atoms with Gasteiger partial charge >= 0.3 is 5.97 Å². The molecular formula is C18H13FN2O3S.